The van der Waals surface area contributed by atoms with Gasteiger partial charge in [-0.2, -0.15) is 0 Å². The summed E-state index contributed by atoms with van der Waals surface area (Å²) in [6.07, 6.45) is 5.53. The fraction of sp³-hybridized carbons (Fsp3) is 0.588. The van der Waals surface area contributed by atoms with Crippen LogP contribution in [-0.2, 0) is 17.8 Å². The molecule has 0 radical (unpaired) electrons. The number of amides is 1. The van der Waals surface area contributed by atoms with E-state index in [0.29, 0.717) is 18.4 Å². The van der Waals surface area contributed by atoms with Gasteiger partial charge in [-0.25, -0.2) is 0 Å². The summed E-state index contributed by atoms with van der Waals surface area (Å²) in [4.78, 5) is 14.4. The molecule has 102 valence electrons. The SMILES string of the molecule is CCC(=O)N1Cc2ccc(C)cc2CC[C@H]1C1CC1. The van der Waals surface area contributed by atoms with E-state index in [9.17, 15) is 4.79 Å². The highest BCUT2D eigenvalue weighted by Gasteiger charge is 2.38. The first-order valence-electron chi connectivity index (χ1n) is 7.57. The first-order chi connectivity index (χ1) is 9.19. The second kappa shape index (κ2) is 4.99. The van der Waals surface area contributed by atoms with Crippen LogP contribution in [0.2, 0.25) is 0 Å². The van der Waals surface area contributed by atoms with Gasteiger partial charge in [0.1, 0.15) is 0 Å². The average molecular weight is 257 g/mol. The van der Waals surface area contributed by atoms with Crippen LogP contribution in [0.1, 0.15) is 49.3 Å². The lowest BCUT2D eigenvalue weighted by Crippen LogP contribution is -2.40. The van der Waals surface area contributed by atoms with E-state index >= 15 is 0 Å². The highest BCUT2D eigenvalue weighted by molar-refractivity contribution is 5.76. The lowest BCUT2D eigenvalue weighted by atomic mass is 9.99. The maximum absolute atomic E-state index is 12.3. The van der Waals surface area contributed by atoms with Crippen molar-refractivity contribution in [3.8, 4) is 0 Å². The Hall–Kier alpha value is -1.31. The molecule has 0 unspecified atom stereocenters. The Bertz CT molecular complexity index is 490. The Morgan fingerprint density at radius 1 is 1.26 bits per heavy atom. The molecular formula is C17H23NO. The van der Waals surface area contributed by atoms with Crippen molar-refractivity contribution >= 4 is 5.91 Å². The van der Waals surface area contributed by atoms with Crippen molar-refractivity contribution in [1.29, 1.82) is 0 Å². The van der Waals surface area contributed by atoms with Gasteiger partial charge in [0.15, 0.2) is 0 Å². The van der Waals surface area contributed by atoms with Gasteiger partial charge in [-0.05, 0) is 49.7 Å². The standard InChI is InChI=1S/C17H23NO/c1-3-17(19)18-11-15-5-4-12(2)10-14(15)8-9-16(18)13-6-7-13/h4-5,10,13,16H,3,6-9,11H2,1-2H3/t16-/m0/s1. The molecule has 0 N–H and O–H groups in total. The highest BCUT2D eigenvalue weighted by atomic mass is 16.2. The molecule has 0 aromatic heterocycles. The molecule has 2 nitrogen and oxygen atoms in total. The zero-order valence-electron chi connectivity index (χ0n) is 12.0. The highest BCUT2D eigenvalue weighted by Crippen LogP contribution is 2.40. The number of carbonyl (C=O) groups is 1. The second-order valence-electron chi connectivity index (χ2n) is 6.09. The van der Waals surface area contributed by atoms with Crippen LogP contribution in [0.15, 0.2) is 18.2 Å². The Morgan fingerprint density at radius 3 is 2.74 bits per heavy atom. The van der Waals surface area contributed by atoms with E-state index in [4.69, 9.17) is 0 Å². The molecule has 1 amide bonds. The van der Waals surface area contributed by atoms with Crippen LogP contribution in [0.5, 0.6) is 0 Å². The first kappa shape index (κ1) is 12.7. The van der Waals surface area contributed by atoms with E-state index < -0.39 is 0 Å². The third-order valence-corrected chi connectivity index (χ3v) is 4.60. The topological polar surface area (TPSA) is 20.3 Å². The number of benzene rings is 1. The Kier molecular flexibility index (Phi) is 3.34. The quantitative estimate of drug-likeness (QED) is 0.794. The predicted octanol–water partition coefficient (Wildman–Crippen LogP) is 3.46. The molecule has 1 saturated carbocycles. The monoisotopic (exact) mass is 257 g/mol. The van der Waals surface area contributed by atoms with Gasteiger partial charge in [-0.1, -0.05) is 30.7 Å². The molecule has 1 atom stereocenters. The van der Waals surface area contributed by atoms with Crippen molar-refractivity contribution in [3.63, 3.8) is 0 Å². The summed E-state index contributed by atoms with van der Waals surface area (Å²) in [5.74, 6) is 1.09. The number of carbonyl (C=O) groups excluding carboxylic acids is 1. The van der Waals surface area contributed by atoms with E-state index in [1.165, 1.54) is 29.5 Å². The number of hydrogen-bond acceptors (Lipinski definition) is 1. The number of hydrogen-bond donors (Lipinski definition) is 0. The van der Waals surface area contributed by atoms with Crippen molar-refractivity contribution < 1.29 is 4.79 Å². The Balaban J connectivity index is 1.91. The fourth-order valence-electron chi connectivity index (χ4n) is 3.35. The van der Waals surface area contributed by atoms with Gasteiger partial charge in [0.25, 0.3) is 0 Å². The summed E-state index contributed by atoms with van der Waals surface area (Å²) in [6.45, 7) is 4.95. The van der Waals surface area contributed by atoms with Gasteiger partial charge in [-0.15, -0.1) is 0 Å². The van der Waals surface area contributed by atoms with Crippen molar-refractivity contribution in [2.45, 2.75) is 58.5 Å². The summed E-state index contributed by atoms with van der Waals surface area (Å²) >= 11 is 0. The van der Waals surface area contributed by atoms with Crippen molar-refractivity contribution in [2.24, 2.45) is 5.92 Å². The summed E-state index contributed by atoms with van der Waals surface area (Å²) in [5.41, 5.74) is 4.14. The van der Waals surface area contributed by atoms with Crippen LogP contribution in [0.4, 0.5) is 0 Å². The number of rotatable bonds is 2. The molecule has 1 fully saturated rings. The summed E-state index contributed by atoms with van der Waals surface area (Å²) in [7, 11) is 0. The van der Waals surface area contributed by atoms with E-state index in [2.05, 4.69) is 30.0 Å². The molecule has 19 heavy (non-hydrogen) atoms. The first-order valence-corrected chi connectivity index (χ1v) is 7.57. The molecule has 1 aromatic carbocycles. The van der Waals surface area contributed by atoms with Crippen molar-refractivity contribution in [2.75, 3.05) is 0 Å². The predicted molar refractivity (Wildman–Crippen MR) is 76.9 cm³/mol. The molecule has 1 heterocycles. The molecule has 1 aromatic rings. The molecule has 2 heteroatoms. The molecular weight excluding hydrogens is 234 g/mol. The third-order valence-electron chi connectivity index (χ3n) is 4.60. The van der Waals surface area contributed by atoms with Crippen LogP contribution in [0.25, 0.3) is 0 Å². The molecule has 2 aliphatic rings. The van der Waals surface area contributed by atoms with E-state index in [1.54, 1.807) is 0 Å². The number of aryl methyl sites for hydroxylation is 2. The van der Waals surface area contributed by atoms with E-state index in [0.717, 1.165) is 25.3 Å². The van der Waals surface area contributed by atoms with Crippen molar-refractivity contribution in [3.05, 3.63) is 34.9 Å². The maximum atomic E-state index is 12.3. The minimum atomic E-state index is 0.324. The number of nitrogens with zero attached hydrogens (tertiary/aromatic N) is 1. The molecule has 1 aliphatic carbocycles. The van der Waals surface area contributed by atoms with Crippen LogP contribution < -0.4 is 0 Å². The van der Waals surface area contributed by atoms with Gasteiger partial charge >= 0.3 is 0 Å². The van der Waals surface area contributed by atoms with Gasteiger partial charge in [0.2, 0.25) is 5.91 Å². The third kappa shape index (κ3) is 2.54. The van der Waals surface area contributed by atoms with Gasteiger partial charge in [0.05, 0.1) is 0 Å². The maximum Gasteiger partial charge on any atom is 0.222 e. The summed E-state index contributed by atoms with van der Waals surface area (Å²) < 4.78 is 0. The van der Waals surface area contributed by atoms with Crippen LogP contribution in [-0.4, -0.2) is 16.8 Å². The van der Waals surface area contributed by atoms with Gasteiger partial charge in [-0.3, -0.25) is 4.79 Å². The smallest absolute Gasteiger partial charge is 0.222 e. The average Bonchev–Trinajstić information content (AvgIpc) is 3.22. The lowest BCUT2D eigenvalue weighted by molar-refractivity contribution is -0.134. The summed E-state index contributed by atoms with van der Waals surface area (Å²) in [5, 5.41) is 0. The van der Waals surface area contributed by atoms with Crippen LogP contribution in [0, 0.1) is 12.8 Å². The zero-order valence-corrected chi connectivity index (χ0v) is 12.0. The molecule has 0 bridgehead atoms. The van der Waals surface area contributed by atoms with E-state index in [1.807, 2.05) is 6.92 Å². The van der Waals surface area contributed by atoms with Crippen LogP contribution >= 0.6 is 0 Å². The van der Waals surface area contributed by atoms with Gasteiger partial charge < -0.3 is 4.90 Å². The minimum Gasteiger partial charge on any atom is -0.335 e. The normalized spacial score (nSPS) is 22.8. The molecule has 0 spiro atoms. The van der Waals surface area contributed by atoms with Crippen LogP contribution in [0.3, 0.4) is 0 Å². The fourth-order valence-corrected chi connectivity index (χ4v) is 3.35. The second-order valence-corrected chi connectivity index (χ2v) is 6.09. The summed E-state index contributed by atoms with van der Waals surface area (Å²) in [6, 6.07) is 7.18. The minimum absolute atomic E-state index is 0.324. The van der Waals surface area contributed by atoms with E-state index in [-0.39, 0.29) is 0 Å². The van der Waals surface area contributed by atoms with Crippen molar-refractivity contribution in [1.82, 2.24) is 4.90 Å². The molecule has 3 rings (SSSR count). The lowest BCUT2D eigenvalue weighted by Gasteiger charge is -2.30. The molecule has 1 aliphatic heterocycles. The Morgan fingerprint density at radius 2 is 2.05 bits per heavy atom. The van der Waals surface area contributed by atoms with Gasteiger partial charge in [0, 0.05) is 19.0 Å². The Labute approximate surface area is 115 Å². The zero-order chi connectivity index (χ0) is 13.4. The number of fused-ring (bicyclic) bond motifs is 1. The molecule has 0 saturated heterocycles. The largest absolute Gasteiger partial charge is 0.335 e.